The third kappa shape index (κ3) is 5.13. The molecule has 0 radical (unpaired) electrons. The summed E-state index contributed by atoms with van der Waals surface area (Å²) in [6.45, 7) is 3.95. The molecule has 2 aromatic heterocycles. The van der Waals surface area contributed by atoms with Crippen LogP contribution in [0.25, 0.3) is 0 Å². The fraction of sp³-hybridized carbons (Fsp3) is 0.273. The van der Waals surface area contributed by atoms with E-state index in [1.807, 2.05) is 67.4 Å². The molecule has 0 aliphatic carbocycles. The molecule has 0 atom stereocenters. The van der Waals surface area contributed by atoms with E-state index in [0.717, 1.165) is 24.3 Å². The molecule has 0 N–H and O–H groups in total. The molecule has 6 nitrogen and oxygen atoms in total. The molecule has 3 rings (SSSR count). The standard InChI is InChI=1S/C22H25N5O/c1-3-27(17-19-7-5-4-6-8-19)22(28)20-9-10-21(25-24-20)26(2)16-13-18-11-14-23-15-12-18/h4-12,14-15H,3,13,16-17H2,1-2H3. The van der Waals surface area contributed by atoms with Gasteiger partial charge in [-0.05, 0) is 48.7 Å². The Labute approximate surface area is 165 Å². The molecule has 6 heteroatoms. The summed E-state index contributed by atoms with van der Waals surface area (Å²) in [7, 11) is 1.97. The zero-order valence-corrected chi connectivity index (χ0v) is 16.3. The first-order valence-electron chi connectivity index (χ1n) is 9.44. The molecule has 28 heavy (non-hydrogen) atoms. The fourth-order valence-corrected chi connectivity index (χ4v) is 2.90. The number of nitrogens with zero attached hydrogens (tertiary/aromatic N) is 5. The number of rotatable bonds is 8. The number of likely N-dealkylation sites (N-methyl/N-ethyl adjacent to an activating group) is 1. The monoisotopic (exact) mass is 375 g/mol. The van der Waals surface area contributed by atoms with E-state index in [9.17, 15) is 4.79 Å². The molecule has 1 aromatic carbocycles. The lowest BCUT2D eigenvalue weighted by molar-refractivity contribution is 0.0745. The molecule has 0 aliphatic rings. The molecule has 0 spiro atoms. The zero-order valence-electron chi connectivity index (χ0n) is 16.3. The van der Waals surface area contributed by atoms with Gasteiger partial charge >= 0.3 is 0 Å². The largest absolute Gasteiger partial charge is 0.358 e. The average molecular weight is 375 g/mol. The first-order chi connectivity index (χ1) is 13.7. The molecule has 0 saturated heterocycles. The Hall–Kier alpha value is -3.28. The van der Waals surface area contributed by atoms with Crippen molar-refractivity contribution in [1.29, 1.82) is 0 Å². The number of anilines is 1. The Kier molecular flexibility index (Phi) is 6.68. The van der Waals surface area contributed by atoms with E-state index in [1.54, 1.807) is 23.4 Å². The van der Waals surface area contributed by atoms with Crippen molar-refractivity contribution in [2.45, 2.75) is 19.9 Å². The topological polar surface area (TPSA) is 62.2 Å². The predicted octanol–water partition coefficient (Wildman–Crippen LogP) is 3.21. The van der Waals surface area contributed by atoms with Gasteiger partial charge in [-0.1, -0.05) is 30.3 Å². The Balaban J connectivity index is 1.61. The number of hydrogen-bond acceptors (Lipinski definition) is 5. The second-order valence-electron chi connectivity index (χ2n) is 6.61. The number of aromatic nitrogens is 3. The van der Waals surface area contributed by atoms with Crippen molar-refractivity contribution in [3.05, 3.63) is 83.8 Å². The van der Waals surface area contributed by atoms with Crippen LogP contribution in [-0.4, -0.2) is 46.1 Å². The van der Waals surface area contributed by atoms with Crippen molar-refractivity contribution in [2.75, 3.05) is 25.0 Å². The van der Waals surface area contributed by atoms with Crippen molar-refractivity contribution in [1.82, 2.24) is 20.1 Å². The van der Waals surface area contributed by atoms with Crippen LogP contribution in [0.3, 0.4) is 0 Å². The smallest absolute Gasteiger partial charge is 0.274 e. The summed E-state index contributed by atoms with van der Waals surface area (Å²) in [5.74, 6) is 0.640. The van der Waals surface area contributed by atoms with Gasteiger partial charge in [0.25, 0.3) is 5.91 Å². The summed E-state index contributed by atoms with van der Waals surface area (Å²) in [6, 6.07) is 17.6. The lowest BCUT2D eigenvalue weighted by Gasteiger charge is -2.21. The van der Waals surface area contributed by atoms with Gasteiger partial charge in [-0.15, -0.1) is 10.2 Å². The van der Waals surface area contributed by atoms with E-state index in [4.69, 9.17) is 0 Å². The van der Waals surface area contributed by atoms with Gasteiger partial charge in [0.2, 0.25) is 0 Å². The van der Waals surface area contributed by atoms with Crippen LogP contribution in [-0.2, 0) is 13.0 Å². The maximum absolute atomic E-state index is 12.8. The summed E-state index contributed by atoms with van der Waals surface area (Å²) in [5, 5.41) is 8.42. The van der Waals surface area contributed by atoms with Crippen LogP contribution in [0.5, 0.6) is 0 Å². The first kappa shape index (κ1) is 19.5. The van der Waals surface area contributed by atoms with E-state index in [-0.39, 0.29) is 5.91 Å². The first-order valence-corrected chi connectivity index (χ1v) is 9.44. The highest BCUT2D eigenvalue weighted by Gasteiger charge is 2.17. The van der Waals surface area contributed by atoms with Crippen molar-refractivity contribution >= 4 is 11.7 Å². The normalized spacial score (nSPS) is 10.5. The quantitative estimate of drug-likeness (QED) is 0.605. The van der Waals surface area contributed by atoms with Gasteiger partial charge in [-0.25, -0.2) is 0 Å². The zero-order chi connectivity index (χ0) is 19.8. The molecule has 0 aliphatic heterocycles. The number of benzene rings is 1. The molecular formula is C22H25N5O. The third-order valence-electron chi connectivity index (χ3n) is 4.63. The van der Waals surface area contributed by atoms with E-state index in [1.165, 1.54) is 5.56 Å². The minimum atomic E-state index is -0.107. The SMILES string of the molecule is CCN(Cc1ccccc1)C(=O)c1ccc(N(C)CCc2ccncc2)nn1. The van der Waals surface area contributed by atoms with E-state index >= 15 is 0 Å². The van der Waals surface area contributed by atoms with E-state index in [2.05, 4.69) is 15.2 Å². The minimum Gasteiger partial charge on any atom is -0.358 e. The lowest BCUT2D eigenvalue weighted by atomic mass is 10.2. The van der Waals surface area contributed by atoms with Gasteiger partial charge in [0.05, 0.1) is 0 Å². The van der Waals surface area contributed by atoms with Crippen LogP contribution in [0, 0.1) is 0 Å². The van der Waals surface area contributed by atoms with Gasteiger partial charge in [-0.3, -0.25) is 9.78 Å². The average Bonchev–Trinajstić information content (AvgIpc) is 2.77. The summed E-state index contributed by atoms with van der Waals surface area (Å²) >= 11 is 0. The molecular weight excluding hydrogens is 350 g/mol. The second-order valence-corrected chi connectivity index (χ2v) is 6.61. The predicted molar refractivity (Wildman–Crippen MR) is 110 cm³/mol. The number of carbonyl (C=O) groups is 1. The molecule has 144 valence electrons. The van der Waals surface area contributed by atoms with Crippen LogP contribution < -0.4 is 4.90 Å². The maximum atomic E-state index is 12.8. The number of hydrogen-bond donors (Lipinski definition) is 0. The van der Waals surface area contributed by atoms with E-state index < -0.39 is 0 Å². The van der Waals surface area contributed by atoms with Crippen LogP contribution in [0.2, 0.25) is 0 Å². The third-order valence-corrected chi connectivity index (χ3v) is 4.63. The number of pyridine rings is 1. The molecule has 0 bridgehead atoms. The highest BCUT2D eigenvalue weighted by Crippen LogP contribution is 2.12. The summed E-state index contributed by atoms with van der Waals surface area (Å²) in [5.41, 5.74) is 2.68. The molecule has 3 aromatic rings. The lowest BCUT2D eigenvalue weighted by Crippen LogP contribution is -2.31. The van der Waals surface area contributed by atoms with Gasteiger partial charge in [0.15, 0.2) is 11.5 Å². The van der Waals surface area contributed by atoms with Gasteiger partial charge in [-0.2, -0.15) is 0 Å². The summed E-state index contributed by atoms with van der Waals surface area (Å²) in [4.78, 5) is 20.6. The number of carbonyl (C=O) groups excluding carboxylic acids is 1. The molecule has 0 unspecified atom stereocenters. The van der Waals surface area contributed by atoms with Gasteiger partial charge in [0, 0.05) is 39.1 Å². The van der Waals surface area contributed by atoms with E-state index in [0.29, 0.717) is 18.8 Å². The molecule has 1 amide bonds. The van der Waals surface area contributed by atoms with Crippen LogP contribution in [0.4, 0.5) is 5.82 Å². The Morgan fingerprint density at radius 1 is 0.929 bits per heavy atom. The Morgan fingerprint density at radius 2 is 1.68 bits per heavy atom. The molecule has 0 saturated carbocycles. The van der Waals surface area contributed by atoms with Crippen LogP contribution in [0.1, 0.15) is 28.5 Å². The summed E-state index contributed by atoms with van der Waals surface area (Å²) < 4.78 is 0. The fourth-order valence-electron chi connectivity index (χ4n) is 2.90. The highest BCUT2D eigenvalue weighted by atomic mass is 16.2. The summed E-state index contributed by atoms with van der Waals surface area (Å²) in [6.07, 6.45) is 4.48. The number of amides is 1. The van der Waals surface area contributed by atoms with Gasteiger partial charge < -0.3 is 9.80 Å². The second kappa shape index (κ2) is 9.60. The Bertz CT molecular complexity index is 868. The van der Waals surface area contributed by atoms with Crippen LogP contribution in [0.15, 0.2) is 67.0 Å². The van der Waals surface area contributed by atoms with Crippen LogP contribution >= 0.6 is 0 Å². The van der Waals surface area contributed by atoms with Crippen molar-refractivity contribution in [2.24, 2.45) is 0 Å². The maximum Gasteiger partial charge on any atom is 0.274 e. The van der Waals surface area contributed by atoms with Crippen molar-refractivity contribution in [3.8, 4) is 0 Å². The minimum absolute atomic E-state index is 0.107. The molecule has 2 heterocycles. The molecule has 0 fully saturated rings. The van der Waals surface area contributed by atoms with Gasteiger partial charge in [0.1, 0.15) is 0 Å². The van der Waals surface area contributed by atoms with Crippen molar-refractivity contribution < 1.29 is 4.79 Å². The van der Waals surface area contributed by atoms with Crippen molar-refractivity contribution in [3.63, 3.8) is 0 Å². The highest BCUT2D eigenvalue weighted by molar-refractivity contribution is 5.92. The Morgan fingerprint density at radius 3 is 2.32 bits per heavy atom.